The Labute approximate surface area is 183 Å². The summed E-state index contributed by atoms with van der Waals surface area (Å²) >= 11 is 11.4. The minimum absolute atomic E-state index is 1.08. The molecule has 0 N–H and O–H groups in total. The molecule has 0 radical (unpaired) electrons. The van der Waals surface area contributed by atoms with E-state index in [9.17, 15) is 0 Å². The lowest BCUT2D eigenvalue weighted by atomic mass is 10.0. The summed E-state index contributed by atoms with van der Waals surface area (Å²) in [6, 6.07) is 19.3. The molecule has 0 saturated carbocycles. The van der Waals surface area contributed by atoms with Crippen LogP contribution in [0.3, 0.4) is 0 Å². The number of hydrogen-bond donors (Lipinski definition) is 0. The minimum Gasteiger partial charge on any atom is -0.306 e. The molecular formula is C22H15Br2NS2. The van der Waals surface area contributed by atoms with Gasteiger partial charge in [0, 0.05) is 20.7 Å². The van der Waals surface area contributed by atoms with Gasteiger partial charge < -0.3 is 4.90 Å². The first kappa shape index (κ1) is 17.7. The van der Waals surface area contributed by atoms with Gasteiger partial charge in [-0.3, -0.25) is 0 Å². The fourth-order valence-electron chi connectivity index (χ4n) is 3.62. The summed E-state index contributed by atoms with van der Waals surface area (Å²) in [5, 5.41) is 1.27. The largest absolute Gasteiger partial charge is 0.306 e. The van der Waals surface area contributed by atoms with Gasteiger partial charge in [0.2, 0.25) is 0 Å². The molecule has 1 aliphatic carbocycles. The second-order valence-electron chi connectivity index (χ2n) is 6.40. The van der Waals surface area contributed by atoms with Gasteiger partial charge in [0.15, 0.2) is 0 Å². The normalized spacial score (nSPS) is 13.1. The van der Waals surface area contributed by atoms with E-state index in [1.807, 2.05) is 11.3 Å². The standard InChI is InChI=1S/C22H15Br2NS2/c23-21-19(15-10-4-6-12-17(15)26-21)25(14-8-2-1-3-9-14)20-16-11-5-7-13-18(16)27-22(20)24/h1-4,6-10,12-13H,5,11H2. The summed E-state index contributed by atoms with van der Waals surface area (Å²) in [6.45, 7) is 0. The number of rotatable bonds is 3. The van der Waals surface area contributed by atoms with Gasteiger partial charge in [-0.25, -0.2) is 0 Å². The van der Waals surface area contributed by atoms with Crippen molar-refractivity contribution in [2.45, 2.75) is 12.8 Å². The number of benzene rings is 2. The zero-order valence-electron chi connectivity index (χ0n) is 14.3. The minimum atomic E-state index is 1.08. The van der Waals surface area contributed by atoms with Crippen LogP contribution in [-0.4, -0.2) is 0 Å². The molecular weight excluding hydrogens is 502 g/mol. The van der Waals surface area contributed by atoms with Crippen LogP contribution in [0.2, 0.25) is 0 Å². The molecule has 0 bridgehead atoms. The molecule has 5 rings (SSSR count). The molecule has 134 valence electrons. The third-order valence-electron chi connectivity index (χ3n) is 4.79. The lowest BCUT2D eigenvalue weighted by molar-refractivity contribution is 0.990. The third-order valence-corrected chi connectivity index (χ3v) is 8.43. The fraction of sp³-hybridized carbons (Fsp3) is 0.0909. The van der Waals surface area contributed by atoms with E-state index in [0.717, 1.165) is 16.6 Å². The summed E-state index contributed by atoms with van der Waals surface area (Å²) in [5.74, 6) is 0. The third kappa shape index (κ3) is 3.01. The maximum atomic E-state index is 3.88. The van der Waals surface area contributed by atoms with Crippen LogP contribution in [0.15, 0.2) is 68.2 Å². The average molecular weight is 517 g/mol. The Morgan fingerprint density at radius 1 is 0.815 bits per heavy atom. The van der Waals surface area contributed by atoms with E-state index in [4.69, 9.17) is 0 Å². The van der Waals surface area contributed by atoms with Crippen molar-refractivity contribution in [2.75, 3.05) is 4.90 Å². The molecule has 2 aromatic carbocycles. The molecule has 5 heteroatoms. The number of hydrogen-bond acceptors (Lipinski definition) is 3. The molecule has 0 amide bonds. The van der Waals surface area contributed by atoms with Gasteiger partial charge in [0.25, 0.3) is 0 Å². The number of allylic oxidation sites excluding steroid dienone is 1. The molecule has 0 saturated heterocycles. The van der Waals surface area contributed by atoms with Crippen LogP contribution in [0.1, 0.15) is 16.9 Å². The van der Waals surface area contributed by atoms with Gasteiger partial charge in [-0.05, 0) is 74.5 Å². The van der Waals surface area contributed by atoms with Crippen molar-refractivity contribution in [2.24, 2.45) is 0 Å². The molecule has 2 aromatic heterocycles. The van der Waals surface area contributed by atoms with Crippen molar-refractivity contribution in [3.63, 3.8) is 0 Å². The zero-order chi connectivity index (χ0) is 18.4. The van der Waals surface area contributed by atoms with Crippen molar-refractivity contribution in [3.8, 4) is 0 Å². The van der Waals surface area contributed by atoms with Crippen LogP contribution in [0.25, 0.3) is 16.2 Å². The molecule has 4 aromatic rings. The van der Waals surface area contributed by atoms with Crippen molar-refractivity contribution in [1.82, 2.24) is 0 Å². The number of nitrogens with zero attached hydrogens (tertiary/aromatic N) is 1. The van der Waals surface area contributed by atoms with Crippen LogP contribution in [-0.2, 0) is 6.42 Å². The topological polar surface area (TPSA) is 3.24 Å². The monoisotopic (exact) mass is 515 g/mol. The highest BCUT2D eigenvalue weighted by atomic mass is 79.9. The molecule has 0 fully saturated rings. The highest BCUT2D eigenvalue weighted by Gasteiger charge is 2.27. The first-order valence-electron chi connectivity index (χ1n) is 8.74. The summed E-state index contributed by atoms with van der Waals surface area (Å²) < 4.78 is 3.64. The van der Waals surface area contributed by atoms with Gasteiger partial charge in [0.1, 0.15) is 0 Å². The van der Waals surface area contributed by atoms with E-state index in [-0.39, 0.29) is 0 Å². The Kier molecular flexibility index (Phi) is 4.72. The Hall–Kier alpha value is -1.40. The number of fused-ring (bicyclic) bond motifs is 2. The van der Waals surface area contributed by atoms with Gasteiger partial charge in [0.05, 0.1) is 18.9 Å². The predicted molar refractivity (Wildman–Crippen MR) is 127 cm³/mol. The number of halogens is 2. The van der Waals surface area contributed by atoms with Crippen LogP contribution in [0.4, 0.5) is 17.1 Å². The Balaban J connectivity index is 1.83. The highest BCUT2D eigenvalue weighted by Crippen LogP contribution is 2.53. The molecule has 1 nitrogen and oxygen atoms in total. The first-order chi connectivity index (χ1) is 13.2. The summed E-state index contributed by atoms with van der Waals surface area (Å²) in [4.78, 5) is 3.78. The molecule has 1 aliphatic rings. The van der Waals surface area contributed by atoms with Crippen LogP contribution in [0.5, 0.6) is 0 Å². The van der Waals surface area contributed by atoms with Crippen molar-refractivity contribution >= 4 is 87.8 Å². The lowest BCUT2D eigenvalue weighted by Crippen LogP contribution is -2.12. The van der Waals surface area contributed by atoms with E-state index < -0.39 is 0 Å². The number of thiophene rings is 2. The van der Waals surface area contributed by atoms with E-state index in [2.05, 4.69) is 104 Å². The second-order valence-corrected chi connectivity index (χ2v) is 11.1. The summed E-state index contributed by atoms with van der Waals surface area (Å²) in [7, 11) is 0. The Morgan fingerprint density at radius 2 is 1.56 bits per heavy atom. The summed E-state index contributed by atoms with van der Waals surface area (Å²) in [6.07, 6.45) is 6.71. The molecule has 0 spiro atoms. The Bertz CT molecular complexity index is 1160. The van der Waals surface area contributed by atoms with Crippen molar-refractivity contribution < 1.29 is 0 Å². The molecule has 2 heterocycles. The maximum Gasteiger partial charge on any atom is 0.0951 e. The quantitative estimate of drug-likeness (QED) is 0.262. The second kappa shape index (κ2) is 7.21. The molecule has 0 unspecified atom stereocenters. The van der Waals surface area contributed by atoms with Gasteiger partial charge in [-0.1, -0.05) is 42.5 Å². The van der Waals surface area contributed by atoms with Gasteiger partial charge >= 0.3 is 0 Å². The Morgan fingerprint density at radius 3 is 2.41 bits per heavy atom. The lowest BCUT2D eigenvalue weighted by Gasteiger charge is -2.27. The smallest absolute Gasteiger partial charge is 0.0951 e. The first-order valence-corrected chi connectivity index (χ1v) is 12.0. The van der Waals surface area contributed by atoms with Gasteiger partial charge in [-0.2, -0.15) is 0 Å². The SMILES string of the molecule is Brc1sc2c(c1N(c1ccccc1)c1c(Br)sc3ccccc13)CCC=C2. The zero-order valence-corrected chi connectivity index (χ0v) is 19.1. The van der Waals surface area contributed by atoms with E-state index in [1.54, 1.807) is 11.3 Å². The van der Waals surface area contributed by atoms with Crippen molar-refractivity contribution in [3.05, 3.63) is 78.7 Å². The van der Waals surface area contributed by atoms with Crippen LogP contribution in [0, 0.1) is 0 Å². The molecule has 27 heavy (non-hydrogen) atoms. The maximum absolute atomic E-state index is 3.88. The van der Waals surface area contributed by atoms with Crippen LogP contribution < -0.4 is 4.90 Å². The van der Waals surface area contributed by atoms with E-state index in [0.29, 0.717) is 0 Å². The van der Waals surface area contributed by atoms with Crippen molar-refractivity contribution in [1.29, 1.82) is 0 Å². The summed E-state index contributed by atoms with van der Waals surface area (Å²) in [5.41, 5.74) is 5.10. The highest BCUT2D eigenvalue weighted by molar-refractivity contribution is 9.11. The molecule has 0 atom stereocenters. The number of anilines is 3. The average Bonchev–Trinajstić information content (AvgIpc) is 3.20. The van der Waals surface area contributed by atoms with Gasteiger partial charge in [-0.15, -0.1) is 22.7 Å². The fourth-order valence-corrected chi connectivity index (χ4v) is 7.37. The predicted octanol–water partition coefficient (Wildman–Crippen LogP) is 8.92. The van der Waals surface area contributed by atoms with Crippen LogP contribution >= 0.6 is 54.5 Å². The van der Waals surface area contributed by atoms with E-state index >= 15 is 0 Å². The number of para-hydroxylation sites is 1. The van der Waals surface area contributed by atoms with E-state index in [1.165, 1.54) is 41.4 Å². The molecule has 0 aliphatic heterocycles.